The monoisotopic (exact) mass is 240 g/mol. The van der Waals surface area contributed by atoms with Crippen LogP contribution in [0.2, 0.25) is 0 Å². The highest BCUT2D eigenvalue weighted by atomic mass is 16.5. The van der Waals surface area contributed by atoms with Crippen LogP contribution in [-0.2, 0) is 9.53 Å². The van der Waals surface area contributed by atoms with Gasteiger partial charge in [0, 0.05) is 36.4 Å². The van der Waals surface area contributed by atoms with Crippen LogP contribution >= 0.6 is 0 Å². The van der Waals surface area contributed by atoms with Gasteiger partial charge in [0.1, 0.15) is 0 Å². The quantitative estimate of drug-likeness (QED) is 0.772. The number of hydrogen-bond acceptors (Lipinski definition) is 3. The summed E-state index contributed by atoms with van der Waals surface area (Å²) in [5.41, 5.74) is 5.39. The molecule has 4 atom stereocenters. The number of ether oxygens (including phenoxy) is 1. The topological polar surface area (TPSA) is 64.4 Å². The summed E-state index contributed by atoms with van der Waals surface area (Å²) < 4.78 is 5.85. The molecule has 2 fully saturated rings. The van der Waals surface area contributed by atoms with Crippen molar-refractivity contribution in [1.29, 1.82) is 0 Å². The smallest absolute Gasteiger partial charge is 0.218 e. The van der Waals surface area contributed by atoms with Crippen molar-refractivity contribution in [3.8, 4) is 0 Å². The molecule has 4 heteroatoms. The molecule has 2 aliphatic rings. The molecule has 98 valence electrons. The van der Waals surface area contributed by atoms with Crippen LogP contribution in [0.25, 0.3) is 0 Å². The molecular formula is C13H24N2O2. The molecule has 0 aromatic carbocycles. The van der Waals surface area contributed by atoms with Gasteiger partial charge in [-0.2, -0.15) is 0 Å². The Morgan fingerprint density at radius 2 is 2.29 bits per heavy atom. The molecule has 2 rings (SSSR count). The maximum absolute atomic E-state index is 10.9. The van der Waals surface area contributed by atoms with Crippen LogP contribution in [0.1, 0.15) is 40.0 Å². The van der Waals surface area contributed by atoms with E-state index >= 15 is 0 Å². The van der Waals surface area contributed by atoms with Crippen molar-refractivity contribution in [2.75, 3.05) is 6.61 Å². The number of carbonyl (C=O) groups excluding carboxylic acids is 1. The lowest BCUT2D eigenvalue weighted by atomic mass is 9.55. The Balaban J connectivity index is 1.94. The molecular weight excluding hydrogens is 216 g/mol. The van der Waals surface area contributed by atoms with Gasteiger partial charge in [-0.15, -0.1) is 0 Å². The van der Waals surface area contributed by atoms with Crippen LogP contribution in [0.5, 0.6) is 0 Å². The molecule has 4 unspecified atom stereocenters. The maximum Gasteiger partial charge on any atom is 0.218 e. The lowest BCUT2D eigenvalue weighted by molar-refractivity contribution is -0.194. The largest absolute Gasteiger partial charge is 0.377 e. The summed E-state index contributed by atoms with van der Waals surface area (Å²) in [6, 6.07) is 0.599. The molecule has 4 nitrogen and oxygen atoms in total. The Morgan fingerprint density at radius 1 is 1.59 bits per heavy atom. The maximum atomic E-state index is 10.9. The molecule has 17 heavy (non-hydrogen) atoms. The third-order valence-corrected chi connectivity index (χ3v) is 4.30. The van der Waals surface area contributed by atoms with Gasteiger partial charge in [-0.3, -0.25) is 4.79 Å². The van der Waals surface area contributed by atoms with Crippen LogP contribution < -0.4 is 11.1 Å². The first-order chi connectivity index (χ1) is 7.93. The minimum atomic E-state index is -0.237. The normalized spacial score (nSPS) is 36.8. The summed E-state index contributed by atoms with van der Waals surface area (Å²) in [6.07, 6.45) is 3.17. The first kappa shape index (κ1) is 12.8. The van der Waals surface area contributed by atoms with Crippen molar-refractivity contribution in [3.63, 3.8) is 0 Å². The molecule has 3 N–H and O–H groups in total. The zero-order valence-electron chi connectivity index (χ0n) is 11.0. The predicted molar refractivity (Wildman–Crippen MR) is 66.4 cm³/mol. The van der Waals surface area contributed by atoms with E-state index in [4.69, 9.17) is 10.5 Å². The molecule has 1 saturated heterocycles. The molecule has 1 heterocycles. The van der Waals surface area contributed by atoms with E-state index in [0.717, 1.165) is 13.0 Å². The van der Waals surface area contributed by atoms with Gasteiger partial charge in [-0.1, -0.05) is 13.8 Å². The summed E-state index contributed by atoms with van der Waals surface area (Å²) in [5.74, 6) is 0.368. The third kappa shape index (κ3) is 2.33. The first-order valence-electron chi connectivity index (χ1n) is 6.59. The zero-order chi connectivity index (χ0) is 12.6. The molecule has 0 radical (unpaired) electrons. The molecule has 1 aliphatic heterocycles. The Hall–Kier alpha value is -0.610. The van der Waals surface area contributed by atoms with E-state index in [1.54, 1.807) is 0 Å². The Morgan fingerprint density at radius 3 is 2.94 bits per heavy atom. The van der Waals surface area contributed by atoms with Gasteiger partial charge in [-0.25, -0.2) is 0 Å². The van der Waals surface area contributed by atoms with Gasteiger partial charge in [-0.05, 0) is 19.8 Å². The minimum Gasteiger partial charge on any atom is -0.377 e. The Labute approximate surface area is 103 Å². The molecule has 0 aromatic rings. The Kier molecular flexibility index (Phi) is 3.46. The van der Waals surface area contributed by atoms with Gasteiger partial charge in [0.05, 0.1) is 6.10 Å². The number of carbonyl (C=O) groups is 1. The number of primary amides is 1. The van der Waals surface area contributed by atoms with Crippen LogP contribution in [0, 0.1) is 11.3 Å². The second kappa shape index (κ2) is 4.58. The number of rotatable bonds is 4. The lowest BCUT2D eigenvalue weighted by Crippen LogP contribution is -2.70. The summed E-state index contributed by atoms with van der Waals surface area (Å²) in [7, 11) is 0. The number of nitrogens with one attached hydrogen (secondary N) is 1. The minimum absolute atomic E-state index is 0.152. The van der Waals surface area contributed by atoms with Crippen LogP contribution in [0.15, 0.2) is 0 Å². The second-order valence-electron chi connectivity index (χ2n) is 6.13. The van der Waals surface area contributed by atoms with Crippen LogP contribution in [-0.4, -0.2) is 30.7 Å². The van der Waals surface area contributed by atoms with Gasteiger partial charge in [0.25, 0.3) is 0 Å². The molecule has 1 saturated carbocycles. The van der Waals surface area contributed by atoms with E-state index in [2.05, 4.69) is 19.2 Å². The molecule has 0 spiro atoms. The highest BCUT2D eigenvalue weighted by Crippen LogP contribution is 2.51. The highest BCUT2D eigenvalue weighted by molar-refractivity contribution is 5.74. The number of hydrogen-bond donors (Lipinski definition) is 2. The third-order valence-electron chi connectivity index (χ3n) is 4.30. The van der Waals surface area contributed by atoms with Gasteiger partial charge < -0.3 is 15.8 Å². The van der Waals surface area contributed by atoms with E-state index < -0.39 is 0 Å². The van der Waals surface area contributed by atoms with Crippen LogP contribution in [0.4, 0.5) is 0 Å². The predicted octanol–water partition coefficient (Wildman–Crippen LogP) is 1.04. The second-order valence-corrected chi connectivity index (χ2v) is 6.13. The fourth-order valence-corrected chi connectivity index (χ4v) is 3.53. The van der Waals surface area contributed by atoms with Crippen molar-refractivity contribution < 1.29 is 9.53 Å². The molecule has 1 amide bonds. The average Bonchev–Trinajstić information content (AvgIpc) is 2.25. The van der Waals surface area contributed by atoms with Crippen LogP contribution in [0.3, 0.4) is 0 Å². The van der Waals surface area contributed by atoms with Gasteiger partial charge >= 0.3 is 0 Å². The molecule has 1 aliphatic carbocycles. The van der Waals surface area contributed by atoms with Gasteiger partial charge in [0.2, 0.25) is 5.91 Å². The van der Waals surface area contributed by atoms with E-state index in [1.165, 1.54) is 6.42 Å². The SMILES string of the molecule is CC(CC(N)=O)NC1C2CCCOC2C1(C)C. The summed E-state index contributed by atoms with van der Waals surface area (Å²) in [4.78, 5) is 10.9. The first-order valence-corrected chi connectivity index (χ1v) is 6.59. The average molecular weight is 240 g/mol. The summed E-state index contributed by atoms with van der Waals surface area (Å²) in [6.45, 7) is 7.41. The van der Waals surface area contributed by atoms with Crippen molar-refractivity contribution in [1.82, 2.24) is 5.32 Å². The van der Waals surface area contributed by atoms with Gasteiger partial charge in [0.15, 0.2) is 0 Å². The lowest BCUT2D eigenvalue weighted by Gasteiger charge is -2.60. The van der Waals surface area contributed by atoms with E-state index in [0.29, 0.717) is 24.5 Å². The highest BCUT2D eigenvalue weighted by Gasteiger charge is 2.57. The number of fused-ring (bicyclic) bond motifs is 1. The van der Waals surface area contributed by atoms with E-state index in [9.17, 15) is 4.79 Å². The van der Waals surface area contributed by atoms with E-state index in [-0.39, 0.29) is 17.4 Å². The number of amides is 1. The molecule has 0 bridgehead atoms. The fraction of sp³-hybridized carbons (Fsp3) is 0.923. The zero-order valence-corrected chi connectivity index (χ0v) is 11.0. The summed E-state index contributed by atoms with van der Waals surface area (Å²) in [5, 5.41) is 3.56. The standard InChI is InChI=1S/C13H24N2O2/c1-8(7-10(14)16)15-11-9-5-4-6-17-12(9)13(11,2)3/h8-9,11-12,15H,4-7H2,1-3H3,(H2,14,16). The Bertz CT molecular complexity index is 304. The fourth-order valence-electron chi connectivity index (χ4n) is 3.53. The number of nitrogens with two attached hydrogens (primary N) is 1. The van der Waals surface area contributed by atoms with E-state index in [1.807, 2.05) is 6.92 Å². The molecule has 0 aromatic heterocycles. The van der Waals surface area contributed by atoms with Crippen molar-refractivity contribution in [3.05, 3.63) is 0 Å². The van der Waals surface area contributed by atoms with Crippen molar-refractivity contribution in [2.45, 2.75) is 58.2 Å². The summed E-state index contributed by atoms with van der Waals surface area (Å²) >= 11 is 0. The van der Waals surface area contributed by atoms with Crippen molar-refractivity contribution >= 4 is 5.91 Å². The van der Waals surface area contributed by atoms with Crippen molar-refractivity contribution in [2.24, 2.45) is 17.1 Å².